The highest BCUT2D eigenvalue weighted by Crippen LogP contribution is 2.43. The second kappa shape index (κ2) is 62.0. The molecule has 0 aliphatic heterocycles. The molecule has 11 nitrogen and oxygen atoms in total. The van der Waals surface area contributed by atoms with Gasteiger partial charge in [0, 0.05) is 19.3 Å². The first-order valence-corrected chi connectivity index (χ1v) is 34.3. The molecule has 464 valence electrons. The molecule has 0 bridgehead atoms. The van der Waals surface area contributed by atoms with Gasteiger partial charge in [-0.3, -0.25) is 23.4 Å². The highest BCUT2D eigenvalue weighted by molar-refractivity contribution is 7.47. The number of phosphoric acid groups is 1. The lowest BCUT2D eigenvalue weighted by Gasteiger charge is -2.21. The number of phosphoric ester groups is 1. The Morgan fingerprint density at radius 2 is 0.613 bits per heavy atom. The third-order valence-electron chi connectivity index (χ3n) is 14.1. The number of hydrogen-bond donors (Lipinski definition) is 2. The number of carbonyl (C=O) groups is 3. The lowest BCUT2D eigenvalue weighted by Crippen LogP contribution is -2.30. The second-order valence-electron chi connectivity index (χ2n) is 21.9. The van der Waals surface area contributed by atoms with Gasteiger partial charge in [-0.2, -0.15) is 0 Å². The summed E-state index contributed by atoms with van der Waals surface area (Å²) in [6, 6.07) is 0. The van der Waals surface area contributed by atoms with Crippen LogP contribution in [0, 0.1) is 0 Å². The van der Waals surface area contributed by atoms with Crippen molar-refractivity contribution >= 4 is 25.7 Å². The van der Waals surface area contributed by atoms with Gasteiger partial charge in [0.05, 0.1) is 19.8 Å². The number of hydrogen-bond acceptors (Lipinski definition) is 10. The minimum atomic E-state index is -4.76. The molecule has 0 aromatic carbocycles. The van der Waals surface area contributed by atoms with Crippen LogP contribution >= 0.6 is 7.82 Å². The minimum Gasteiger partial charge on any atom is -0.462 e. The summed E-state index contributed by atoms with van der Waals surface area (Å²) >= 11 is 0. The van der Waals surface area contributed by atoms with E-state index in [0.717, 1.165) is 116 Å². The van der Waals surface area contributed by atoms with Crippen molar-refractivity contribution < 1.29 is 52.2 Å². The first-order valence-electron chi connectivity index (χ1n) is 32.8. The molecule has 0 spiro atoms. The number of esters is 3. The second-order valence-corrected chi connectivity index (χ2v) is 23.4. The fraction of sp³-hybridized carbons (Fsp3) is 0.779. The summed E-state index contributed by atoms with van der Waals surface area (Å²) in [4.78, 5) is 48.8. The summed E-state index contributed by atoms with van der Waals surface area (Å²) in [6.45, 7) is 4.61. The number of unbranched alkanes of at least 4 members (excludes halogenated alkanes) is 32. The van der Waals surface area contributed by atoms with Crippen LogP contribution in [0.25, 0.3) is 0 Å². The zero-order chi connectivity index (χ0) is 58.3. The molecule has 3 atom stereocenters. The topological polar surface area (TPSA) is 155 Å². The molecule has 0 saturated carbocycles. The first kappa shape index (κ1) is 76.9. The number of aliphatic hydroxyl groups excluding tert-OH is 1. The molecule has 0 rings (SSSR count). The van der Waals surface area contributed by atoms with Gasteiger partial charge in [-0.05, 0) is 116 Å². The molecule has 0 amide bonds. The molecule has 0 aromatic rings. The number of aliphatic hydroxyl groups is 1. The van der Waals surface area contributed by atoms with Crippen LogP contribution in [0.3, 0.4) is 0 Å². The van der Waals surface area contributed by atoms with Crippen molar-refractivity contribution in [3.05, 3.63) is 72.9 Å². The molecule has 0 saturated heterocycles. The summed E-state index contributed by atoms with van der Waals surface area (Å²) in [5, 5.41) is 9.86. The maximum absolute atomic E-state index is 13.0. The Morgan fingerprint density at radius 1 is 0.350 bits per heavy atom. The lowest BCUT2D eigenvalue weighted by molar-refractivity contribution is -0.161. The van der Waals surface area contributed by atoms with Crippen molar-refractivity contribution in [2.75, 3.05) is 26.4 Å². The average Bonchev–Trinajstić information content (AvgIpc) is 3.45. The molecular weight excluding hydrogens is 1020 g/mol. The van der Waals surface area contributed by atoms with Crippen LogP contribution in [0.2, 0.25) is 0 Å². The Morgan fingerprint density at radius 3 is 0.975 bits per heavy atom. The normalized spacial score (nSPS) is 13.7. The van der Waals surface area contributed by atoms with E-state index in [1.165, 1.54) is 128 Å². The molecular formula is C68H121O11P. The summed E-state index contributed by atoms with van der Waals surface area (Å²) < 4.78 is 39.7. The third kappa shape index (κ3) is 59.5. The molecule has 0 aliphatic carbocycles. The van der Waals surface area contributed by atoms with E-state index >= 15 is 0 Å². The van der Waals surface area contributed by atoms with Crippen molar-refractivity contribution in [3.63, 3.8) is 0 Å². The van der Waals surface area contributed by atoms with Gasteiger partial charge in [0.25, 0.3) is 0 Å². The summed E-state index contributed by atoms with van der Waals surface area (Å²) in [6.07, 6.45) is 71.3. The highest BCUT2D eigenvalue weighted by Gasteiger charge is 2.28. The summed E-state index contributed by atoms with van der Waals surface area (Å²) in [5.41, 5.74) is 0. The zero-order valence-corrected chi connectivity index (χ0v) is 52.4. The summed E-state index contributed by atoms with van der Waals surface area (Å²) in [5.74, 6) is -1.48. The number of carbonyl (C=O) groups excluding carboxylic acids is 3. The van der Waals surface area contributed by atoms with Gasteiger partial charge in [0.15, 0.2) is 6.10 Å². The Kier molecular flexibility index (Phi) is 59.6. The van der Waals surface area contributed by atoms with Gasteiger partial charge in [0.1, 0.15) is 12.7 Å². The fourth-order valence-electron chi connectivity index (χ4n) is 9.04. The van der Waals surface area contributed by atoms with Gasteiger partial charge < -0.3 is 24.2 Å². The predicted molar refractivity (Wildman–Crippen MR) is 335 cm³/mol. The van der Waals surface area contributed by atoms with Crippen molar-refractivity contribution in [1.29, 1.82) is 0 Å². The maximum Gasteiger partial charge on any atom is 0.472 e. The standard InChI is InChI=1S/C68H121O11P/c1-4-7-10-13-16-19-22-25-28-31-32-35-38-41-44-47-50-53-56-59-68(72)79-65(61-75-66(70)57-54-51-48-45-42-39-36-33-29-26-23-20-17-14-11-8-5-2)63-77-80(73,74)76-62-64(60-69)78-67(71)58-55-52-49-46-43-40-37-34-30-27-24-21-18-15-12-9-6-3/h16,18-19,21,25-30,32,35,64-65,69H,4-15,17,20,22-24,31,33-34,36-63H2,1-3H3,(H,73,74)/b19-16-,21-18-,28-25-,29-26-,30-27-,35-32-. The molecule has 3 unspecified atom stereocenters. The van der Waals surface area contributed by atoms with E-state index in [2.05, 4.69) is 93.7 Å². The quantitative estimate of drug-likeness (QED) is 0.0197. The van der Waals surface area contributed by atoms with Gasteiger partial charge >= 0.3 is 25.7 Å². The van der Waals surface area contributed by atoms with Crippen LogP contribution < -0.4 is 0 Å². The van der Waals surface area contributed by atoms with E-state index in [4.69, 9.17) is 23.3 Å². The van der Waals surface area contributed by atoms with Crippen molar-refractivity contribution in [1.82, 2.24) is 0 Å². The zero-order valence-electron chi connectivity index (χ0n) is 51.5. The van der Waals surface area contributed by atoms with Gasteiger partial charge in [0.2, 0.25) is 0 Å². The van der Waals surface area contributed by atoms with Crippen LogP contribution in [-0.2, 0) is 42.2 Å². The van der Waals surface area contributed by atoms with E-state index in [1.807, 2.05) is 0 Å². The molecule has 2 N–H and O–H groups in total. The van der Waals surface area contributed by atoms with Crippen LogP contribution in [0.15, 0.2) is 72.9 Å². The highest BCUT2D eigenvalue weighted by atomic mass is 31.2. The Bertz CT molecular complexity index is 1620. The number of ether oxygens (including phenoxy) is 3. The predicted octanol–water partition coefficient (Wildman–Crippen LogP) is 20.0. The van der Waals surface area contributed by atoms with E-state index in [0.29, 0.717) is 19.3 Å². The largest absolute Gasteiger partial charge is 0.472 e. The maximum atomic E-state index is 13.0. The average molecular weight is 1150 g/mol. The Balaban J connectivity index is 4.72. The van der Waals surface area contributed by atoms with Gasteiger partial charge in [-0.25, -0.2) is 4.57 Å². The first-order chi connectivity index (χ1) is 39.2. The minimum absolute atomic E-state index is 0.151. The molecule has 0 aromatic heterocycles. The monoisotopic (exact) mass is 1140 g/mol. The lowest BCUT2D eigenvalue weighted by atomic mass is 10.1. The van der Waals surface area contributed by atoms with E-state index in [-0.39, 0.29) is 25.9 Å². The van der Waals surface area contributed by atoms with E-state index < -0.39 is 57.8 Å². The Hall–Kier alpha value is -3.08. The van der Waals surface area contributed by atoms with Crippen molar-refractivity contribution in [3.8, 4) is 0 Å². The number of allylic oxidation sites excluding steroid dienone is 12. The third-order valence-corrected chi connectivity index (χ3v) is 15.0. The van der Waals surface area contributed by atoms with E-state index in [1.54, 1.807) is 0 Å². The molecule has 0 fully saturated rings. The molecule has 0 heterocycles. The van der Waals surface area contributed by atoms with Gasteiger partial charge in [-0.1, -0.05) is 241 Å². The van der Waals surface area contributed by atoms with Crippen molar-refractivity contribution in [2.24, 2.45) is 0 Å². The molecule has 0 radical (unpaired) electrons. The Labute approximate surface area is 490 Å². The van der Waals surface area contributed by atoms with Gasteiger partial charge in [-0.15, -0.1) is 0 Å². The van der Waals surface area contributed by atoms with Crippen LogP contribution in [0.1, 0.15) is 303 Å². The smallest absolute Gasteiger partial charge is 0.462 e. The van der Waals surface area contributed by atoms with Crippen LogP contribution in [0.4, 0.5) is 0 Å². The molecule has 12 heteroatoms. The van der Waals surface area contributed by atoms with Crippen molar-refractivity contribution in [2.45, 2.75) is 315 Å². The fourth-order valence-corrected chi connectivity index (χ4v) is 9.82. The van der Waals surface area contributed by atoms with Crippen LogP contribution in [-0.4, -0.2) is 66.5 Å². The number of rotatable bonds is 61. The summed E-state index contributed by atoms with van der Waals surface area (Å²) in [7, 11) is -4.76. The SMILES string of the molecule is CCCCC/C=C\C/C=C\C/C=C\CCCCCCCCC(=O)OC(COC(=O)CCCCCCCCC/C=C\CCCCCCCC)COP(=O)(O)OCC(CO)OC(=O)CCCCCCCCC/C=C\C/C=C\CCCCC. The molecule has 0 aliphatic rings. The van der Waals surface area contributed by atoms with Crippen LogP contribution in [0.5, 0.6) is 0 Å². The van der Waals surface area contributed by atoms with E-state index in [9.17, 15) is 28.9 Å². The molecule has 80 heavy (non-hydrogen) atoms.